The summed E-state index contributed by atoms with van der Waals surface area (Å²) in [5.74, 6) is -0.113. The molecule has 1 aliphatic rings. The maximum atomic E-state index is 12.5. The van der Waals surface area contributed by atoms with Gasteiger partial charge in [-0.1, -0.05) is 29.8 Å². The van der Waals surface area contributed by atoms with E-state index in [4.69, 9.17) is 16.3 Å². The van der Waals surface area contributed by atoms with E-state index < -0.39 is 5.92 Å². The third-order valence-electron chi connectivity index (χ3n) is 3.98. The Morgan fingerprint density at radius 1 is 1.25 bits per heavy atom. The summed E-state index contributed by atoms with van der Waals surface area (Å²) in [6.45, 7) is 0.333. The number of para-hydroxylation sites is 2. The summed E-state index contributed by atoms with van der Waals surface area (Å²) in [5, 5.41) is 3.40. The average molecular weight is 345 g/mol. The molecule has 24 heavy (non-hydrogen) atoms. The first kappa shape index (κ1) is 16.3. The van der Waals surface area contributed by atoms with Crippen LogP contribution in [0.3, 0.4) is 0 Å². The third kappa shape index (κ3) is 3.36. The van der Waals surface area contributed by atoms with Crippen LogP contribution in [0.4, 0.5) is 11.4 Å². The molecule has 1 atom stereocenters. The molecule has 2 amide bonds. The van der Waals surface area contributed by atoms with Gasteiger partial charge < -0.3 is 15.0 Å². The predicted octanol–water partition coefficient (Wildman–Crippen LogP) is 3.34. The summed E-state index contributed by atoms with van der Waals surface area (Å²) >= 11 is 5.98. The van der Waals surface area contributed by atoms with E-state index in [2.05, 4.69) is 5.32 Å². The fourth-order valence-corrected chi connectivity index (χ4v) is 2.94. The first-order chi connectivity index (χ1) is 11.6. The van der Waals surface area contributed by atoms with Gasteiger partial charge in [0, 0.05) is 23.7 Å². The van der Waals surface area contributed by atoms with Gasteiger partial charge in [-0.3, -0.25) is 9.59 Å². The van der Waals surface area contributed by atoms with Crippen molar-refractivity contribution in [2.45, 2.75) is 6.42 Å². The molecule has 2 aromatic carbocycles. The second-order valence-electron chi connectivity index (χ2n) is 5.57. The lowest BCUT2D eigenvalue weighted by molar-refractivity contribution is -0.122. The van der Waals surface area contributed by atoms with E-state index in [1.165, 1.54) is 0 Å². The van der Waals surface area contributed by atoms with Gasteiger partial charge in [0.15, 0.2) is 0 Å². The molecule has 1 aliphatic heterocycles. The van der Waals surface area contributed by atoms with E-state index in [1.54, 1.807) is 42.3 Å². The van der Waals surface area contributed by atoms with Gasteiger partial charge in [-0.25, -0.2) is 0 Å². The van der Waals surface area contributed by atoms with E-state index in [1.807, 2.05) is 18.2 Å². The highest BCUT2D eigenvalue weighted by molar-refractivity contribution is 6.31. The van der Waals surface area contributed by atoms with Gasteiger partial charge in [0.2, 0.25) is 11.8 Å². The molecule has 1 saturated heterocycles. The second-order valence-corrected chi connectivity index (χ2v) is 6.01. The van der Waals surface area contributed by atoms with Crippen molar-refractivity contribution < 1.29 is 14.3 Å². The van der Waals surface area contributed by atoms with Crippen LogP contribution in [-0.2, 0) is 9.59 Å². The molecule has 0 aliphatic carbocycles. The number of benzene rings is 2. The monoisotopic (exact) mass is 344 g/mol. The summed E-state index contributed by atoms with van der Waals surface area (Å²) in [6, 6.07) is 14.2. The molecule has 0 unspecified atom stereocenters. The van der Waals surface area contributed by atoms with Crippen LogP contribution in [-0.4, -0.2) is 25.5 Å². The van der Waals surface area contributed by atoms with Gasteiger partial charge in [0.25, 0.3) is 0 Å². The van der Waals surface area contributed by atoms with Crippen molar-refractivity contribution in [3.8, 4) is 5.75 Å². The molecule has 6 heteroatoms. The fourth-order valence-electron chi connectivity index (χ4n) is 2.76. The molecule has 1 heterocycles. The first-order valence-corrected chi connectivity index (χ1v) is 7.96. The molecule has 1 fully saturated rings. The Hall–Kier alpha value is -2.53. The second kappa shape index (κ2) is 6.93. The van der Waals surface area contributed by atoms with Crippen LogP contribution in [0, 0.1) is 5.92 Å². The highest BCUT2D eigenvalue weighted by atomic mass is 35.5. The molecule has 124 valence electrons. The van der Waals surface area contributed by atoms with Crippen LogP contribution < -0.4 is 15.0 Å². The van der Waals surface area contributed by atoms with Gasteiger partial charge in [-0.2, -0.15) is 0 Å². The van der Waals surface area contributed by atoms with Gasteiger partial charge in [0.1, 0.15) is 5.75 Å². The van der Waals surface area contributed by atoms with Crippen molar-refractivity contribution in [1.29, 1.82) is 0 Å². The Labute approximate surface area is 145 Å². The van der Waals surface area contributed by atoms with Crippen molar-refractivity contribution in [3.63, 3.8) is 0 Å². The lowest BCUT2D eigenvalue weighted by Gasteiger charge is -2.17. The van der Waals surface area contributed by atoms with Crippen LogP contribution in [0.1, 0.15) is 6.42 Å². The minimum atomic E-state index is -0.415. The van der Waals surface area contributed by atoms with Crippen LogP contribution in [0.5, 0.6) is 5.75 Å². The molecule has 2 aromatic rings. The van der Waals surface area contributed by atoms with Crippen molar-refractivity contribution in [3.05, 3.63) is 53.6 Å². The first-order valence-electron chi connectivity index (χ1n) is 7.58. The summed E-state index contributed by atoms with van der Waals surface area (Å²) in [5.41, 5.74) is 1.30. The van der Waals surface area contributed by atoms with E-state index in [9.17, 15) is 9.59 Å². The SMILES string of the molecule is COc1ccccc1NC(=O)[C@@H]1CC(=O)N(c2cccc(Cl)c2)C1. The number of ether oxygens (including phenoxy) is 1. The standard InChI is InChI=1S/C18H17ClN2O3/c1-24-16-8-3-2-7-15(16)20-18(23)12-9-17(22)21(11-12)14-6-4-5-13(19)10-14/h2-8,10,12H,9,11H2,1H3,(H,20,23)/t12-/m1/s1. The average Bonchev–Trinajstić information content (AvgIpc) is 2.97. The molecular weight excluding hydrogens is 328 g/mol. The summed E-state index contributed by atoms with van der Waals surface area (Å²) in [7, 11) is 1.55. The number of amides is 2. The highest BCUT2D eigenvalue weighted by Crippen LogP contribution is 2.29. The third-order valence-corrected chi connectivity index (χ3v) is 4.22. The van der Waals surface area contributed by atoms with E-state index in [0.29, 0.717) is 28.7 Å². The molecule has 0 spiro atoms. The summed E-state index contributed by atoms with van der Waals surface area (Å²) in [6.07, 6.45) is 0.174. The number of hydrogen-bond donors (Lipinski definition) is 1. The summed E-state index contributed by atoms with van der Waals surface area (Å²) in [4.78, 5) is 26.4. The van der Waals surface area contributed by atoms with Crippen LogP contribution in [0.2, 0.25) is 5.02 Å². The molecule has 0 radical (unpaired) electrons. The number of rotatable bonds is 4. The molecule has 0 aromatic heterocycles. The molecular formula is C18H17ClN2O3. The maximum Gasteiger partial charge on any atom is 0.229 e. The highest BCUT2D eigenvalue weighted by Gasteiger charge is 2.35. The lowest BCUT2D eigenvalue weighted by Crippen LogP contribution is -2.28. The van der Waals surface area contributed by atoms with Crippen LogP contribution >= 0.6 is 11.6 Å². The van der Waals surface area contributed by atoms with Crippen molar-refractivity contribution in [2.24, 2.45) is 5.92 Å². The fraction of sp³-hybridized carbons (Fsp3) is 0.222. The van der Waals surface area contributed by atoms with E-state index >= 15 is 0 Å². The van der Waals surface area contributed by atoms with Gasteiger partial charge in [-0.15, -0.1) is 0 Å². The maximum absolute atomic E-state index is 12.5. The van der Waals surface area contributed by atoms with Gasteiger partial charge in [-0.05, 0) is 30.3 Å². The topological polar surface area (TPSA) is 58.6 Å². The quantitative estimate of drug-likeness (QED) is 0.925. The zero-order valence-corrected chi connectivity index (χ0v) is 13.9. The van der Waals surface area contributed by atoms with E-state index in [0.717, 1.165) is 0 Å². The van der Waals surface area contributed by atoms with Crippen molar-refractivity contribution >= 4 is 34.8 Å². The predicted molar refractivity (Wildman–Crippen MR) is 93.5 cm³/mol. The number of hydrogen-bond acceptors (Lipinski definition) is 3. The van der Waals surface area contributed by atoms with Gasteiger partial charge in [0.05, 0.1) is 18.7 Å². The Morgan fingerprint density at radius 3 is 2.79 bits per heavy atom. The number of methoxy groups -OCH3 is 1. The number of halogens is 1. The zero-order valence-electron chi connectivity index (χ0n) is 13.2. The lowest BCUT2D eigenvalue weighted by atomic mass is 10.1. The minimum absolute atomic E-state index is 0.0857. The number of carbonyl (C=O) groups is 2. The Morgan fingerprint density at radius 2 is 2.04 bits per heavy atom. The normalized spacial score (nSPS) is 17.0. The molecule has 0 saturated carbocycles. The molecule has 5 nitrogen and oxygen atoms in total. The number of carbonyl (C=O) groups excluding carboxylic acids is 2. The minimum Gasteiger partial charge on any atom is -0.495 e. The van der Waals surface area contributed by atoms with Crippen molar-refractivity contribution in [1.82, 2.24) is 0 Å². The summed E-state index contributed by atoms with van der Waals surface area (Å²) < 4.78 is 5.23. The molecule has 1 N–H and O–H groups in total. The zero-order chi connectivity index (χ0) is 17.1. The van der Waals surface area contributed by atoms with Crippen LogP contribution in [0.25, 0.3) is 0 Å². The number of anilines is 2. The molecule has 0 bridgehead atoms. The van der Waals surface area contributed by atoms with Crippen LogP contribution in [0.15, 0.2) is 48.5 Å². The number of nitrogens with zero attached hydrogens (tertiary/aromatic N) is 1. The van der Waals surface area contributed by atoms with Gasteiger partial charge >= 0.3 is 0 Å². The Balaban J connectivity index is 1.72. The number of nitrogens with one attached hydrogen (secondary N) is 1. The largest absolute Gasteiger partial charge is 0.495 e. The Bertz CT molecular complexity index is 778. The molecule has 3 rings (SSSR count). The van der Waals surface area contributed by atoms with E-state index in [-0.39, 0.29) is 18.2 Å². The smallest absolute Gasteiger partial charge is 0.229 e. The Kier molecular flexibility index (Phi) is 4.71. The van der Waals surface area contributed by atoms with Crippen molar-refractivity contribution in [2.75, 3.05) is 23.9 Å².